The van der Waals surface area contributed by atoms with Gasteiger partial charge in [-0.15, -0.1) is 10.2 Å². The van der Waals surface area contributed by atoms with Gasteiger partial charge in [0.2, 0.25) is 11.6 Å². The van der Waals surface area contributed by atoms with Gasteiger partial charge >= 0.3 is 5.97 Å². The van der Waals surface area contributed by atoms with Crippen molar-refractivity contribution in [3.63, 3.8) is 0 Å². The second-order valence-corrected chi connectivity index (χ2v) is 6.41. The number of methoxy groups -OCH3 is 1. The second-order valence-electron chi connectivity index (χ2n) is 6.41. The largest absolute Gasteiger partial charge is 0.497 e. The van der Waals surface area contributed by atoms with Crippen LogP contribution in [0.1, 0.15) is 37.0 Å². The van der Waals surface area contributed by atoms with Crippen molar-refractivity contribution in [3.05, 3.63) is 47.9 Å². The summed E-state index contributed by atoms with van der Waals surface area (Å²) in [4.78, 5) is 12.7. The summed E-state index contributed by atoms with van der Waals surface area (Å²) in [6.45, 7) is 6.60. The lowest BCUT2D eigenvalue weighted by Crippen LogP contribution is -2.09. The molecule has 170 valence electrons. The van der Waals surface area contributed by atoms with E-state index in [0.717, 1.165) is 11.3 Å². The van der Waals surface area contributed by atoms with Crippen molar-refractivity contribution in [2.45, 2.75) is 27.4 Å². The van der Waals surface area contributed by atoms with Gasteiger partial charge in [-0.25, -0.2) is 4.79 Å². The van der Waals surface area contributed by atoms with Gasteiger partial charge < -0.3 is 28.1 Å². The number of carbonyl (C=O) groups excluding carboxylic acids is 1. The highest BCUT2D eigenvalue weighted by atomic mass is 16.5. The molecule has 9 nitrogen and oxygen atoms in total. The number of esters is 1. The third-order valence-corrected chi connectivity index (χ3v) is 4.28. The number of nitrogens with zero attached hydrogens (tertiary/aromatic N) is 2. The van der Waals surface area contributed by atoms with Crippen LogP contribution in [0.15, 0.2) is 40.8 Å². The molecule has 0 aliphatic carbocycles. The fourth-order valence-corrected chi connectivity index (χ4v) is 2.88. The van der Waals surface area contributed by atoms with Gasteiger partial charge in [0.05, 0.1) is 32.5 Å². The molecule has 9 heteroatoms. The van der Waals surface area contributed by atoms with E-state index in [-0.39, 0.29) is 18.1 Å². The van der Waals surface area contributed by atoms with Crippen LogP contribution in [0.4, 0.5) is 0 Å². The minimum Gasteiger partial charge on any atom is -0.497 e. The molecule has 0 saturated heterocycles. The Hall–Kier alpha value is -3.75. The van der Waals surface area contributed by atoms with Gasteiger partial charge in [0.25, 0.3) is 5.89 Å². The Morgan fingerprint density at radius 3 is 2.09 bits per heavy atom. The van der Waals surface area contributed by atoms with Crippen molar-refractivity contribution in [1.82, 2.24) is 10.2 Å². The first-order valence-corrected chi connectivity index (χ1v) is 10.3. The maximum Gasteiger partial charge on any atom is 0.338 e. The zero-order chi connectivity index (χ0) is 22.9. The van der Waals surface area contributed by atoms with Crippen LogP contribution in [0.5, 0.6) is 23.0 Å². The van der Waals surface area contributed by atoms with Crippen molar-refractivity contribution >= 4 is 5.97 Å². The van der Waals surface area contributed by atoms with Gasteiger partial charge in [0.15, 0.2) is 18.1 Å². The van der Waals surface area contributed by atoms with Gasteiger partial charge in [-0.3, -0.25) is 0 Å². The van der Waals surface area contributed by atoms with Crippen molar-refractivity contribution < 1.29 is 32.9 Å². The minimum atomic E-state index is -0.584. The molecule has 0 aliphatic rings. The smallest absolute Gasteiger partial charge is 0.338 e. The number of hydrogen-bond acceptors (Lipinski definition) is 9. The molecule has 0 radical (unpaired) electrons. The minimum absolute atomic E-state index is 0.171. The molecule has 0 aliphatic heterocycles. The Bertz CT molecular complexity index is 1000. The predicted molar refractivity (Wildman–Crippen MR) is 115 cm³/mol. The molecule has 1 heterocycles. The van der Waals surface area contributed by atoms with Crippen LogP contribution in [-0.4, -0.2) is 43.1 Å². The highest BCUT2D eigenvalue weighted by molar-refractivity contribution is 5.91. The number of aromatic nitrogens is 2. The third kappa shape index (κ3) is 5.48. The van der Waals surface area contributed by atoms with Crippen LogP contribution in [0.3, 0.4) is 0 Å². The quantitative estimate of drug-likeness (QED) is 0.402. The maximum absolute atomic E-state index is 12.7. The van der Waals surface area contributed by atoms with Crippen molar-refractivity contribution in [2.24, 2.45) is 0 Å². The summed E-state index contributed by atoms with van der Waals surface area (Å²) in [6.07, 6.45) is 0. The standard InChI is InChI=1S/C23H26N2O7/c1-5-28-18-12-16(13-19(29-6-2)21(18)30-7-3)23(26)31-14-20-24-25-22(32-20)15-8-10-17(27-4)11-9-15/h8-13H,5-7,14H2,1-4H3. The molecule has 0 N–H and O–H groups in total. The fourth-order valence-electron chi connectivity index (χ4n) is 2.88. The van der Waals surface area contributed by atoms with Gasteiger partial charge in [-0.1, -0.05) is 0 Å². The van der Waals surface area contributed by atoms with Crippen molar-refractivity contribution in [2.75, 3.05) is 26.9 Å². The third-order valence-electron chi connectivity index (χ3n) is 4.28. The number of ether oxygens (including phenoxy) is 5. The molecule has 32 heavy (non-hydrogen) atoms. The van der Waals surface area contributed by atoms with E-state index in [9.17, 15) is 4.79 Å². The van der Waals surface area contributed by atoms with Crippen LogP contribution in [-0.2, 0) is 11.3 Å². The molecule has 0 fully saturated rings. The SMILES string of the molecule is CCOc1cc(C(=O)OCc2nnc(-c3ccc(OC)cc3)o2)cc(OCC)c1OCC. The molecule has 2 aromatic carbocycles. The summed E-state index contributed by atoms with van der Waals surface area (Å²) in [7, 11) is 1.59. The summed E-state index contributed by atoms with van der Waals surface area (Å²) in [5.41, 5.74) is 0.986. The van der Waals surface area contributed by atoms with E-state index in [1.807, 2.05) is 20.8 Å². The topological polar surface area (TPSA) is 102 Å². The normalized spacial score (nSPS) is 10.5. The van der Waals surface area contributed by atoms with Crippen LogP contribution >= 0.6 is 0 Å². The number of rotatable bonds is 11. The molecule has 0 amide bonds. The molecular formula is C23H26N2O7. The zero-order valence-electron chi connectivity index (χ0n) is 18.5. The zero-order valence-corrected chi connectivity index (χ0v) is 18.5. The summed E-state index contributed by atoms with van der Waals surface area (Å²) < 4.78 is 33.0. The molecule has 0 atom stereocenters. The van der Waals surface area contributed by atoms with Crippen molar-refractivity contribution in [1.29, 1.82) is 0 Å². The van der Waals surface area contributed by atoms with E-state index in [1.54, 1.807) is 43.5 Å². The summed E-state index contributed by atoms with van der Waals surface area (Å²) in [5, 5.41) is 7.93. The Morgan fingerprint density at radius 1 is 0.906 bits per heavy atom. The Labute approximate surface area is 186 Å². The summed E-state index contributed by atoms with van der Waals surface area (Å²) >= 11 is 0. The Morgan fingerprint density at radius 2 is 1.53 bits per heavy atom. The van der Waals surface area contributed by atoms with Crippen LogP contribution in [0.2, 0.25) is 0 Å². The maximum atomic E-state index is 12.7. The lowest BCUT2D eigenvalue weighted by Gasteiger charge is -2.16. The molecule has 0 unspecified atom stereocenters. The van der Waals surface area contributed by atoms with Crippen LogP contribution < -0.4 is 18.9 Å². The molecule has 3 rings (SSSR count). The highest BCUT2D eigenvalue weighted by Crippen LogP contribution is 2.39. The van der Waals surface area contributed by atoms with E-state index in [4.69, 9.17) is 28.1 Å². The Kier molecular flexibility index (Phi) is 7.91. The fraction of sp³-hybridized carbons (Fsp3) is 0.348. The van der Waals surface area contributed by atoms with Crippen LogP contribution in [0, 0.1) is 0 Å². The first-order chi connectivity index (χ1) is 15.6. The Balaban J connectivity index is 1.73. The second kappa shape index (κ2) is 11.0. The molecule has 3 aromatic rings. The molecule has 1 aromatic heterocycles. The molecular weight excluding hydrogens is 416 g/mol. The number of benzene rings is 2. The average molecular weight is 442 g/mol. The van der Waals surface area contributed by atoms with Gasteiger partial charge in [0.1, 0.15) is 5.75 Å². The van der Waals surface area contributed by atoms with Gasteiger partial charge in [0, 0.05) is 5.56 Å². The number of carbonyl (C=O) groups is 1. The van der Waals surface area contributed by atoms with E-state index >= 15 is 0 Å². The van der Waals surface area contributed by atoms with E-state index in [0.29, 0.717) is 43.0 Å². The van der Waals surface area contributed by atoms with Gasteiger partial charge in [-0.2, -0.15) is 0 Å². The number of hydrogen-bond donors (Lipinski definition) is 0. The van der Waals surface area contributed by atoms with Gasteiger partial charge in [-0.05, 0) is 57.2 Å². The van der Waals surface area contributed by atoms with E-state index < -0.39 is 5.97 Å². The summed E-state index contributed by atoms with van der Waals surface area (Å²) in [6, 6.07) is 10.3. The van der Waals surface area contributed by atoms with Crippen molar-refractivity contribution in [3.8, 4) is 34.5 Å². The van der Waals surface area contributed by atoms with E-state index in [2.05, 4.69) is 10.2 Å². The predicted octanol–water partition coefficient (Wildman–Crippen LogP) is 4.30. The lowest BCUT2D eigenvalue weighted by atomic mass is 10.2. The molecule has 0 spiro atoms. The average Bonchev–Trinajstić information content (AvgIpc) is 3.29. The van der Waals surface area contributed by atoms with Crippen LogP contribution in [0.25, 0.3) is 11.5 Å². The highest BCUT2D eigenvalue weighted by Gasteiger charge is 2.20. The van der Waals surface area contributed by atoms with E-state index in [1.165, 1.54) is 0 Å². The first-order valence-electron chi connectivity index (χ1n) is 10.3. The monoisotopic (exact) mass is 442 g/mol. The molecule has 0 bridgehead atoms. The first kappa shape index (κ1) is 22.9. The lowest BCUT2D eigenvalue weighted by molar-refractivity contribution is 0.0437. The molecule has 0 saturated carbocycles. The summed E-state index contributed by atoms with van der Waals surface area (Å²) in [5.74, 6) is 1.89.